The number of hydrogen-bond donors (Lipinski definition) is 1. The van der Waals surface area contributed by atoms with Gasteiger partial charge in [0.1, 0.15) is 0 Å². The number of carboxylic acid groups (broad SMARTS) is 1. The third kappa shape index (κ3) is 2.51. The minimum Gasteiger partial charge on any atom is -0.476 e. The average molecular weight is 307 g/mol. The highest BCUT2D eigenvalue weighted by Gasteiger charge is 2.30. The monoisotopic (exact) mass is 307 g/mol. The van der Waals surface area contributed by atoms with Crippen LogP contribution in [0, 0.1) is 6.92 Å². The minimum atomic E-state index is -1.10. The summed E-state index contributed by atoms with van der Waals surface area (Å²) >= 11 is 1.27. The maximum atomic E-state index is 12.4. The summed E-state index contributed by atoms with van der Waals surface area (Å²) in [5.41, 5.74) is 1.28. The molecule has 0 aromatic carbocycles. The largest absolute Gasteiger partial charge is 0.476 e. The molecule has 0 bridgehead atoms. The summed E-state index contributed by atoms with van der Waals surface area (Å²) in [5.74, 6) is -1.14. The third-order valence-electron chi connectivity index (χ3n) is 3.53. The summed E-state index contributed by atoms with van der Waals surface area (Å²) in [5, 5.41) is 18.0. The number of hydrogen-bond acceptors (Lipinski definition) is 6. The van der Waals surface area contributed by atoms with Crippen molar-refractivity contribution in [2.45, 2.75) is 19.4 Å². The molecule has 1 atom stereocenters. The lowest BCUT2D eigenvalue weighted by Gasteiger charge is -2.16. The van der Waals surface area contributed by atoms with Crippen LogP contribution in [-0.2, 0) is 0 Å². The predicted molar refractivity (Wildman–Crippen MR) is 73.4 cm³/mol. The Kier molecular flexibility index (Phi) is 3.42. The molecule has 0 radical (unpaired) electrons. The molecule has 2 aromatic heterocycles. The van der Waals surface area contributed by atoms with E-state index in [1.165, 1.54) is 22.4 Å². The highest BCUT2D eigenvalue weighted by Crippen LogP contribution is 2.23. The van der Waals surface area contributed by atoms with Crippen molar-refractivity contribution in [3.8, 4) is 0 Å². The van der Waals surface area contributed by atoms with Crippen LogP contribution in [0.15, 0.2) is 11.6 Å². The summed E-state index contributed by atoms with van der Waals surface area (Å²) in [4.78, 5) is 24.9. The molecule has 9 heteroatoms. The van der Waals surface area contributed by atoms with Crippen LogP contribution in [0.4, 0.5) is 0 Å². The maximum absolute atomic E-state index is 12.4. The van der Waals surface area contributed by atoms with E-state index in [0.717, 1.165) is 12.1 Å². The second kappa shape index (κ2) is 5.24. The first-order chi connectivity index (χ1) is 10.1. The molecule has 0 aliphatic carbocycles. The lowest BCUT2D eigenvalue weighted by atomic mass is 10.2. The molecule has 1 aliphatic rings. The van der Waals surface area contributed by atoms with Crippen LogP contribution >= 0.6 is 11.5 Å². The Morgan fingerprint density at radius 1 is 1.48 bits per heavy atom. The van der Waals surface area contributed by atoms with Crippen molar-refractivity contribution in [1.82, 2.24) is 24.3 Å². The standard InChI is InChI=1S/C12H13N5O3S/c1-7-9(6-21-14-7)11(18)16-3-2-8(4-16)17-5-10(12(19)20)13-15-17/h5-6,8H,2-4H2,1H3,(H,19,20). The van der Waals surface area contributed by atoms with E-state index in [2.05, 4.69) is 14.7 Å². The van der Waals surface area contributed by atoms with Gasteiger partial charge in [0.2, 0.25) is 0 Å². The van der Waals surface area contributed by atoms with Gasteiger partial charge >= 0.3 is 5.97 Å². The molecule has 0 saturated carbocycles. The number of aromatic carboxylic acids is 1. The Hall–Kier alpha value is -2.29. The zero-order valence-electron chi connectivity index (χ0n) is 11.3. The number of rotatable bonds is 3. The predicted octanol–water partition coefficient (Wildman–Crippen LogP) is 0.828. The highest BCUT2D eigenvalue weighted by molar-refractivity contribution is 7.03. The zero-order chi connectivity index (χ0) is 15.0. The van der Waals surface area contributed by atoms with Crippen molar-refractivity contribution in [2.24, 2.45) is 0 Å². The van der Waals surface area contributed by atoms with Gasteiger partial charge < -0.3 is 10.0 Å². The van der Waals surface area contributed by atoms with Crippen LogP contribution in [0.1, 0.15) is 39.0 Å². The van der Waals surface area contributed by atoms with E-state index in [-0.39, 0.29) is 17.6 Å². The molecular weight excluding hydrogens is 294 g/mol. The average Bonchev–Trinajstić information content (AvgIpc) is 3.17. The van der Waals surface area contributed by atoms with Crippen molar-refractivity contribution in [3.63, 3.8) is 0 Å². The van der Waals surface area contributed by atoms with E-state index in [1.807, 2.05) is 6.92 Å². The number of nitrogens with zero attached hydrogens (tertiary/aromatic N) is 5. The Morgan fingerprint density at radius 3 is 2.90 bits per heavy atom. The topological polar surface area (TPSA) is 101 Å². The molecule has 3 heterocycles. The lowest BCUT2D eigenvalue weighted by molar-refractivity contribution is 0.0689. The number of carbonyl (C=O) groups excluding carboxylic acids is 1. The van der Waals surface area contributed by atoms with Gasteiger partial charge in [-0.15, -0.1) is 5.10 Å². The molecule has 1 fully saturated rings. The minimum absolute atomic E-state index is 0.0395. The summed E-state index contributed by atoms with van der Waals surface area (Å²) in [6, 6.07) is -0.0403. The van der Waals surface area contributed by atoms with Gasteiger partial charge in [0.05, 0.1) is 23.5 Å². The molecule has 1 amide bonds. The Labute approximate surface area is 124 Å². The van der Waals surface area contributed by atoms with Crippen LogP contribution in [0.5, 0.6) is 0 Å². The molecule has 1 saturated heterocycles. The van der Waals surface area contributed by atoms with Crippen molar-refractivity contribution >= 4 is 23.4 Å². The molecule has 21 heavy (non-hydrogen) atoms. The van der Waals surface area contributed by atoms with E-state index in [4.69, 9.17) is 5.11 Å². The van der Waals surface area contributed by atoms with E-state index >= 15 is 0 Å². The van der Waals surface area contributed by atoms with E-state index in [1.54, 1.807) is 10.3 Å². The van der Waals surface area contributed by atoms with Gasteiger partial charge in [0, 0.05) is 18.5 Å². The Balaban J connectivity index is 1.71. The van der Waals surface area contributed by atoms with Gasteiger partial charge in [-0.3, -0.25) is 4.79 Å². The molecule has 110 valence electrons. The fourth-order valence-electron chi connectivity index (χ4n) is 2.36. The van der Waals surface area contributed by atoms with Crippen LogP contribution in [0.2, 0.25) is 0 Å². The fraction of sp³-hybridized carbons (Fsp3) is 0.417. The molecule has 0 spiro atoms. The summed E-state index contributed by atoms with van der Waals surface area (Å²) in [6.07, 6.45) is 2.13. The second-order valence-corrected chi connectivity index (χ2v) is 5.53. The molecule has 8 nitrogen and oxygen atoms in total. The molecule has 2 aromatic rings. The first-order valence-electron chi connectivity index (χ1n) is 6.41. The van der Waals surface area contributed by atoms with E-state index < -0.39 is 5.97 Å². The molecule has 1 N–H and O–H groups in total. The zero-order valence-corrected chi connectivity index (χ0v) is 12.1. The maximum Gasteiger partial charge on any atom is 0.358 e. The van der Waals surface area contributed by atoms with Gasteiger partial charge in [-0.2, -0.15) is 4.37 Å². The summed E-state index contributed by atoms with van der Waals surface area (Å²) in [7, 11) is 0. The molecule has 1 aliphatic heterocycles. The SMILES string of the molecule is Cc1nscc1C(=O)N1CCC(n2cc(C(=O)O)nn2)C1. The molecule has 1 unspecified atom stereocenters. The highest BCUT2D eigenvalue weighted by atomic mass is 32.1. The summed E-state index contributed by atoms with van der Waals surface area (Å²) < 4.78 is 5.63. The first-order valence-corrected chi connectivity index (χ1v) is 7.25. The molecule has 3 rings (SSSR count). The van der Waals surface area contributed by atoms with Crippen LogP contribution in [0.25, 0.3) is 0 Å². The normalized spacial score (nSPS) is 18.1. The molecular formula is C12H13N5O3S. The smallest absolute Gasteiger partial charge is 0.358 e. The summed E-state index contributed by atoms with van der Waals surface area (Å²) in [6.45, 7) is 2.92. The van der Waals surface area contributed by atoms with Crippen molar-refractivity contribution in [3.05, 3.63) is 28.5 Å². The number of carboxylic acids is 1. The van der Waals surface area contributed by atoms with Crippen molar-refractivity contribution in [2.75, 3.05) is 13.1 Å². The van der Waals surface area contributed by atoms with Gasteiger partial charge in [-0.25, -0.2) is 9.48 Å². The van der Waals surface area contributed by atoms with Crippen molar-refractivity contribution < 1.29 is 14.7 Å². The quantitative estimate of drug-likeness (QED) is 0.901. The number of likely N-dealkylation sites (tertiary alicyclic amines) is 1. The Morgan fingerprint density at radius 2 is 2.29 bits per heavy atom. The number of carbonyl (C=O) groups is 2. The van der Waals surface area contributed by atoms with Crippen LogP contribution in [0.3, 0.4) is 0 Å². The van der Waals surface area contributed by atoms with E-state index in [0.29, 0.717) is 18.7 Å². The van der Waals surface area contributed by atoms with E-state index in [9.17, 15) is 9.59 Å². The van der Waals surface area contributed by atoms with Crippen molar-refractivity contribution in [1.29, 1.82) is 0 Å². The van der Waals surface area contributed by atoms with Crippen LogP contribution in [-0.4, -0.2) is 54.3 Å². The number of aryl methyl sites for hydroxylation is 1. The van der Waals surface area contributed by atoms with Gasteiger partial charge in [0.15, 0.2) is 5.69 Å². The Bertz CT molecular complexity index is 695. The van der Waals surface area contributed by atoms with Gasteiger partial charge in [-0.1, -0.05) is 5.21 Å². The van der Waals surface area contributed by atoms with Gasteiger partial charge in [-0.05, 0) is 24.9 Å². The third-order valence-corrected chi connectivity index (χ3v) is 4.25. The second-order valence-electron chi connectivity index (χ2n) is 4.90. The number of aromatic nitrogens is 4. The first kappa shape index (κ1) is 13.7. The lowest BCUT2D eigenvalue weighted by Crippen LogP contribution is -2.29. The number of amides is 1. The van der Waals surface area contributed by atoms with Crippen LogP contribution < -0.4 is 0 Å². The fourth-order valence-corrected chi connectivity index (χ4v) is 3.05. The van der Waals surface area contributed by atoms with Gasteiger partial charge in [0.25, 0.3) is 5.91 Å².